The van der Waals surface area contributed by atoms with Gasteiger partial charge in [-0.3, -0.25) is 14.4 Å². The number of carbonyl (C=O) groups is 3. The standard InChI is InChI=1S/C10H16O5/c1-5-10(6-7(2)11,8(12)14-3)9(13)15-4/h5-6H2,1-4H3. The van der Waals surface area contributed by atoms with Crippen molar-refractivity contribution in [2.75, 3.05) is 14.2 Å². The minimum atomic E-state index is -1.49. The van der Waals surface area contributed by atoms with Gasteiger partial charge in [-0.1, -0.05) is 6.92 Å². The number of methoxy groups -OCH3 is 2. The quantitative estimate of drug-likeness (QED) is 0.500. The molecule has 0 saturated heterocycles. The van der Waals surface area contributed by atoms with Crippen molar-refractivity contribution in [1.29, 1.82) is 0 Å². The van der Waals surface area contributed by atoms with E-state index in [0.717, 1.165) is 0 Å². The summed E-state index contributed by atoms with van der Waals surface area (Å²) in [5.74, 6) is -1.72. The number of rotatable bonds is 5. The Bertz CT molecular complexity index is 253. The van der Waals surface area contributed by atoms with Crippen LogP contribution in [0.5, 0.6) is 0 Å². The SMILES string of the molecule is CCC(CC(C)=O)(C(=O)OC)C(=O)OC. The summed E-state index contributed by atoms with van der Waals surface area (Å²) in [5.41, 5.74) is -1.49. The van der Waals surface area contributed by atoms with Gasteiger partial charge in [-0.25, -0.2) is 0 Å². The number of ketones is 1. The molecule has 0 aliphatic rings. The van der Waals surface area contributed by atoms with Crippen LogP contribution in [0.25, 0.3) is 0 Å². The first-order valence-electron chi connectivity index (χ1n) is 4.60. The molecule has 5 heteroatoms. The zero-order valence-electron chi connectivity index (χ0n) is 9.46. The van der Waals surface area contributed by atoms with Gasteiger partial charge in [0.2, 0.25) is 0 Å². The second-order valence-corrected chi connectivity index (χ2v) is 3.30. The Hall–Kier alpha value is -1.39. The summed E-state index contributed by atoms with van der Waals surface area (Å²) < 4.78 is 9.08. The summed E-state index contributed by atoms with van der Waals surface area (Å²) in [6.07, 6.45) is -0.0191. The van der Waals surface area contributed by atoms with E-state index in [1.165, 1.54) is 21.1 Å². The van der Waals surface area contributed by atoms with Gasteiger partial charge < -0.3 is 9.47 Å². The summed E-state index contributed by atoms with van der Waals surface area (Å²) in [4.78, 5) is 34.1. The lowest BCUT2D eigenvalue weighted by Gasteiger charge is -2.25. The highest BCUT2D eigenvalue weighted by molar-refractivity contribution is 6.03. The molecule has 0 atom stereocenters. The molecule has 0 radical (unpaired) electrons. The van der Waals surface area contributed by atoms with E-state index in [9.17, 15) is 14.4 Å². The van der Waals surface area contributed by atoms with Crippen LogP contribution >= 0.6 is 0 Å². The maximum Gasteiger partial charge on any atom is 0.323 e. The van der Waals surface area contributed by atoms with Crippen LogP contribution < -0.4 is 0 Å². The molecule has 0 aromatic heterocycles. The summed E-state index contributed by atoms with van der Waals surface area (Å²) in [6, 6.07) is 0. The maximum absolute atomic E-state index is 11.5. The third kappa shape index (κ3) is 2.78. The molecule has 86 valence electrons. The molecule has 0 aliphatic heterocycles. The second kappa shape index (κ2) is 5.48. The summed E-state index contributed by atoms with van der Waals surface area (Å²) in [7, 11) is 2.35. The minimum Gasteiger partial charge on any atom is -0.468 e. The van der Waals surface area contributed by atoms with Crippen molar-refractivity contribution in [3.8, 4) is 0 Å². The van der Waals surface area contributed by atoms with E-state index in [0.29, 0.717) is 0 Å². The third-order valence-corrected chi connectivity index (χ3v) is 2.31. The van der Waals surface area contributed by atoms with Gasteiger partial charge >= 0.3 is 11.9 Å². The van der Waals surface area contributed by atoms with Crippen molar-refractivity contribution in [2.45, 2.75) is 26.7 Å². The van der Waals surface area contributed by atoms with E-state index in [1.54, 1.807) is 6.92 Å². The minimum absolute atomic E-state index is 0.173. The van der Waals surface area contributed by atoms with Gasteiger partial charge in [-0.2, -0.15) is 0 Å². The Balaban J connectivity index is 5.19. The molecule has 0 spiro atoms. The number of hydrogen-bond donors (Lipinski definition) is 0. The zero-order valence-corrected chi connectivity index (χ0v) is 9.46. The van der Waals surface area contributed by atoms with Crippen molar-refractivity contribution in [3.63, 3.8) is 0 Å². The van der Waals surface area contributed by atoms with Crippen LogP contribution in [0.3, 0.4) is 0 Å². The van der Waals surface area contributed by atoms with Crippen molar-refractivity contribution >= 4 is 17.7 Å². The van der Waals surface area contributed by atoms with Crippen LogP contribution in [0.4, 0.5) is 0 Å². The highest BCUT2D eigenvalue weighted by atomic mass is 16.5. The number of esters is 2. The fourth-order valence-corrected chi connectivity index (χ4v) is 1.46. The number of Topliss-reactive ketones (excluding diaryl/α,β-unsaturated/α-hetero) is 1. The van der Waals surface area contributed by atoms with Crippen LogP contribution in [0, 0.1) is 5.41 Å². The normalized spacial score (nSPS) is 10.7. The first-order valence-corrected chi connectivity index (χ1v) is 4.60. The Labute approximate surface area is 88.7 Å². The molecular formula is C10H16O5. The average Bonchev–Trinajstić information content (AvgIpc) is 2.23. The van der Waals surface area contributed by atoms with Crippen LogP contribution in [-0.4, -0.2) is 31.9 Å². The first kappa shape index (κ1) is 13.6. The largest absolute Gasteiger partial charge is 0.468 e. The van der Waals surface area contributed by atoms with Crippen molar-refractivity contribution in [1.82, 2.24) is 0 Å². The highest BCUT2D eigenvalue weighted by Gasteiger charge is 2.47. The Morgan fingerprint density at radius 3 is 1.67 bits per heavy atom. The Kier molecular flexibility index (Phi) is 4.97. The Morgan fingerprint density at radius 1 is 1.07 bits per heavy atom. The van der Waals surface area contributed by atoms with Gasteiger partial charge in [0.1, 0.15) is 5.78 Å². The molecule has 15 heavy (non-hydrogen) atoms. The number of hydrogen-bond acceptors (Lipinski definition) is 5. The fraction of sp³-hybridized carbons (Fsp3) is 0.700. The molecule has 5 nitrogen and oxygen atoms in total. The molecule has 0 amide bonds. The smallest absolute Gasteiger partial charge is 0.323 e. The van der Waals surface area contributed by atoms with Gasteiger partial charge in [-0.05, 0) is 13.3 Å². The van der Waals surface area contributed by atoms with E-state index >= 15 is 0 Å². The summed E-state index contributed by atoms with van der Waals surface area (Å²) in [5, 5.41) is 0. The molecule has 0 bridgehead atoms. The van der Waals surface area contributed by atoms with Gasteiger partial charge in [0.15, 0.2) is 5.41 Å². The molecule has 0 heterocycles. The van der Waals surface area contributed by atoms with Crippen LogP contribution in [-0.2, 0) is 23.9 Å². The lowest BCUT2D eigenvalue weighted by molar-refractivity contribution is -0.171. The summed E-state index contributed by atoms with van der Waals surface area (Å²) >= 11 is 0. The second-order valence-electron chi connectivity index (χ2n) is 3.30. The van der Waals surface area contributed by atoms with Crippen LogP contribution in [0.15, 0.2) is 0 Å². The Morgan fingerprint density at radius 2 is 1.47 bits per heavy atom. The monoisotopic (exact) mass is 216 g/mol. The van der Waals surface area contributed by atoms with Gasteiger partial charge in [-0.15, -0.1) is 0 Å². The van der Waals surface area contributed by atoms with Crippen molar-refractivity contribution in [3.05, 3.63) is 0 Å². The predicted molar refractivity (Wildman–Crippen MR) is 52.1 cm³/mol. The average molecular weight is 216 g/mol. The molecule has 0 aromatic carbocycles. The van der Waals surface area contributed by atoms with Gasteiger partial charge in [0.25, 0.3) is 0 Å². The lowest BCUT2D eigenvalue weighted by Crippen LogP contribution is -2.42. The molecule has 0 aromatic rings. The molecule has 0 saturated carbocycles. The first-order chi connectivity index (χ1) is 6.94. The van der Waals surface area contributed by atoms with E-state index in [-0.39, 0.29) is 18.6 Å². The molecule has 0 rings (SSSR count). The zero-order chi connectivity index (χ0) is 12.1. The molecular weight excluding hydrogens is 200 g/mol. The van der Waals surface area contributed by atoms with Crippen molar-refractivity contribution < 1.29 is 23.9 Å². The van der Waals surface area contributed by atoms with Crippen molar-refractivity contribution in [2.24, 2.45) is 5.41 Å². The molecule has 0 unspecified atom stereocenters. The molecule has 0 N–H and O–H groups in total. The van der Waals surface area contributed by atoms with E-state index in [1.807, 2.05) is 0 Å². The third-order valence-electron chi connectivity index (χ3n) is 2.31. The van der Waals surface area contributed by atoms with Crippen LogP contribution in [0.2, 0.25) is 0 Å². The fourth-order valence-electron chi connectivity index (χ4n) is 1.46. The topological polar surface area (TPSA) is 69.7 Å². The number of carbonyl (C=O) groups excluding carboxylic acids is 3. The van der Waals surface area contributed by atoms with E-state index < -0.39 is 17.4 Å². The predicted octanol–water partition coefficient (Wildman–Crippen LogP) is 0.708. The van der Waals surface area contributed by atoms with Gasteiger partial charge in [0.05, 0.1) is 14.2 Å². The lowest BCUT2D eigenvalue weighted by atomic mass is 9.80. The summed E-state index contributed by atoms with van der Waals surface area (Å²) in [6.45, 7) is 2.95. The van der Waals surface area contributed by atoms with Gasteiger partial charge in [0, 0.05) is 6.42 Å². The molecule has 0 fully saturated rings. The highest BCUT2D eigenvalue weighted by Crippen LogP contribution is 2.30. The van der Waals surface area contributed by atoms with E-state index in [2.05, 4.69) is 9.47 Å². The van der Waals surface area contributed by atoms with E-state index in [4.69, 9.17) is 0 Å². The van der Waals surface area contributed by atoms with Crippen LogP contribution in [0.1, 0.15) is 26.7 Å². The maximum atomic E-state index is 11.5. The number of ether oxygens (including phenoxy) is 2. The molecule has 0 aliphatic carbocycles.